The van der Waals surface area contributed by atoms with Crippen LogP contribution in [0.5, 0.6) is 11.5 Å². The maximum atomic E-state index is 13.3. The van der Waals surface area contributed by atoms with Crippen LogP contribution >= 0.6 is 46.4 Å². The van der Waals surface area contributed by atoms with Crippen molar-refractivity contribution in [2.45, 2.75) is 23.7 Å². The van der Waals surface area contributed by atoms with E-state index in [1.54, 1.807) is 6.92 Å². The molecule has 1 aliphatic heterocycles. The van der Waals surface area contributed by atoms with Crippen LogP contribution < -0.4 is 9.47 Å². The molecule has 5 aromatic rings. The highest BCUT2D eigenvalue weighted by Gasteiger charge is 2.77. The molecule has 0 fully saturated rings. The molecule has 2 aliphatic rings. The van der Waals surface area contributed by atoms with E-state index in [1.165, 1.54) is 0 Å². The van der Waals surface area contributed by atoms with Gasteiger partial charge in [-0.3, -0.25) is 0 Å². The van der Waals surface area contributed by atoms with Crippen molar-refractivity contribution in [3.63, 3.8) is 0 Å². The molecule has 0 spiro atoms. The summed E-state index contributed by atoms with van der Waals surface area (Å²) in [5.41, 5.74) is -0.518. The largest absolute Gasteiger partial charge is 0.469 e. The lowest BCUT2D eigenvalue weighted by atomic mass is 9.65. The van der Waals surface area contributed by atoms with Gasteiger partial charge in [0, 0.05) is 22.3 Å². The van der Waals surface area contributed by atoms with Gasteiger partial charge in [0.05, 0.1) is 10.0 Å². The Bertz CT molecular complexity index is 1880. The number of aliphatic hydroxyl groups is 1. The number of benzene rings is 5. The second kappa shape index (κ2) is 10.3. The van der Waals surface area contributed by atoms with E-state index < -0.39 is 16.8 Å². The van der Waals surface area contributed by atoms with Crippen LogP contribution in [0.15, 0.2) is 121 Å². The van der Waals surface area contributed by atoms with Crippen molar-refractivity contribution in [3.05, 3.63) is 164 Å². The highest BCUT2D eigenvalue weighted by atomic mass is 35.5. The zero-order valence-corrected chi connectivity index (χ0v) is 25.8. The van der Waals surface area contributed by atoms with Gasteiger partial charge in [-0.1, -0.05) is 168 Å². The zero-order valence-electron chi connectivity index (χ0n) is 22.8. The average molecular weight is 646 g/mol. The lowest BCUT2D eigenvalue weighted by Gasteiger charge is -2.55. The van der Waals surface area contributed by atoms with Crippen molar-refractivity contribution < 1.29 is 14.6 Å². The molecule has 0 amide bonds. The first-order valence-electron chi connectivity index (χ1n) is 13.7. The fraction of sp³-hybridized carbons (Fsp3) is 0.111. The van der Waals surface area contributed by atoms with E-state index in [4.69, 9.17) is 55.9 Å². The van der Waals surface area contributed by atoms with Gasteiger partial charge >= 0.3 is 0 Å². The monoisotopic (exact) mass is 644 g/mol. The van der Waals surface area contributed by atoms with Crippen molar-refractivity contribution in [1.29, 1.82) is 0 Å². The lowest BCUT2D eigenvalue weighted by molar-refractivity contribution is -0.189. The minimum Gasteiger partial charge on any atom is -0.469 e. The first kappa shape index (κ1) is 28.3. The predicted molar refractivity (Wildman–Crippen MR) is 174 cm³/mol. The SMILES string of the molecule is C[C@]1(O)C(c2ccccc2)=C(c2ccccc2)[C@]2(c3ccccc3)Oc3c(Cl)c(Cl)c(Cl)c(Cl)c3O[C@]12c1ccccc1. The molecule has 3 nitrogen and oxygen atoms in total. The number of ether oxygens (including phenoxy) is 2. The molecule has 0 saturated heterocycles. The topological polar surface area (TPSA) is 38.7 Å². The van der Waals surface area contributed by atoms with Gasteiger partial charge in [-0.15, -0.1) is 0 Å². The number of hydrogen-bond donors (Lipinski definition) is 1. The Morgan fingerprint density at radius 3 is 1.37 bits per heavy atom. The van der Waals surface area contributed by atoms with Gasteiger partial charge < -0.3 is 14.6 Å². The summed E-state index contributed by atoms with van der Waals surface area (Å²) < 4.78 is 14.5. The van der Waals surface area contributed by atoms with Gasteiger partial charge in [-0.25, -0.2) is 0 Å². The van der Waals surface area contributed by atoms with Crippen LogP contribution in [-0.4, -0.2) is 10.7 Å². The maximum Gasteiger partial charge on any atom is 0.214 e. The van der Waals surface area contributed by atoms with Crippen molar-refractivity contribution in [2.75, 3.05) is 0 Å². The van der Waals surface area contributed by atoms with Gasteiger partial charge in [-0.2, -0.15) is 0 Å². The van der Waals surface area contributed by atoms with Gasteiger partial charge in [-0.05, 0) is 18.1 Å². The third-order valence-electron chi connectivity index (χ3n) is 8.45. The van der Waals surface area contributed by atoms with E-state index in [9.17, 15) is 5.11 Å². The fourth-order valence-corrected chi connectivity index (χ4v) is 7.66. The minimum atomic E-state index is -1.73. The van der Waals surface area contributed by atoms with Crippen LogP contribution in [0.25, 0.3) is 11.1 Å². The molecule has 43 heavy (non-hydrogen) atoms. The zero-order chi connectivity index (χ0) is 30.0. The van der Waals surface area contributed by atoms with E-state index >= 15 is 0 Å². The second-order valence-corrected chi connectivity index (χ2v) is 12.3. The summed E-state index contributed by atoms with van der Waals surface area (Å²) in [6.45, 7) is 1.76. The summed E-state index contributed by atoms with van der Waals surface area (Å²) in [4.78, 5) is 0. The highest BCUT2D eigenvalue weighted by Crippen LogP contribution is 2.72. The summed E-state index contributed by atoms with van der Waals surface area (Å²) >= 11 is 26.9. The Kier molecular flexibility index (Phi) is 6.81. The first-order valence-corrected chi connectivity index (χ1v) is 15.2. The predicted octanol–water partition coefficient (Wildman–Crippen LogP) is 10.2. The van der Waals surface area contributed by atoms with Gasteiger partial charge in [0.25, 0.3) is 0 Å². The standard InChI is InChI=1S/C36H24Cl4O3/c1-34(41)26(22-14-6-2-7-15-22)27(23-16-8-3-9-17-23)35(24-18-10-4-11-19-24)36(34,25-20-12-5-13-21-25)43-33-31(40)29(38)28(37)30(39)32(33)42-35/h2-21,41H,1H3/t34-,35-,36+/m0/s1. The molecule has 0 saturated carbocycles. The molecule has 214 valence electrons. The van der Waals surface area contributed by atoms with E-state index in [2.05, 4.69) is 0 Å². The Labute approximate surface area is 269 Å². The molecule has 0 aromatic heterocycles. The molecule has 1 aliphatic carbocycles. The third-order valence-corrected chi connectivity index (χ3v) is 10.2. The van der Waals surface area contributed by atoms with Crippen molar-refractivity contribution in [1.82, 2.24) is 0 Å². The Balaban J connectivity index is 1.74. The summed E-state index contributed by atoms with van der Waals surface area (Å²) in [7, 11) is 0. The Hall–Kier alpha value is -3.44. The normalized spacial score (nSPS) is 24.1. The second-order valence-electron chi connectivity index (χ2n) is 10.8. The van der Waals surface area contributed by atoms with Crippen molar-refractivity contribution >= 4 is 57.5 Å². The number of rotatable bonds is 4. The molecule has 7 rings (SSSR count). The molecule has 0 unspecified atom stereocenters. The lowest BCUT2D eigenvalue weighted by Crippen LogP contribution is -2.65. The van der Waals surface area contributed by atoms with E-state index in [0.717, 1.165) is 16.7 Å². The first-order chi connectivity index (χ1) is 20.8. The summed E-state index contributed by atoms with van der Waals surface area (Å²) in [5.74, 6) is 0.230. The van der Waals surface area contributed by atoms with Crippen LogP contribution in [0.3, 0.4) is 0 Å². The molecule has 1 N–H and O–H groups in total. The van der Waals surface area contributed by atoms with Crippen LogP contribution in [0.2, 0.25) is 20.1 Å². The van der Waals surface area contributed by atoms with E-state index in [0.29, 0.717) is 16.7 Å². The van der Waals surface area contributed by atoms with Crippen LogP contribution in [-0.2, 0) is 11.2 Å². The van der Waals surface area contributed by atoms with Crippen LogP contribution in [0, 0.1) is 0 Å². The van der Waals surface area contributed by atoms with Gasteiger partial charge in [0.1, 0.15) is 15.6 Å². The quantitative estimate of drug-likeness (QED) is 0.156. The summed E-state index contributed by atoms with van der Waals surface area (Å²) in [6.07, 6.45) is 0. The average Bonchev–Trinajstić information content (AvgIpc) is 3.24. The van der Waals surface area contributed by atoms with Gasteiger partial charge in [0.15, 0.2) is 11.5 Å². The molecule has 5 aromatic carbocycles. The highest BCUT2D eigenvalue weighted by molar-refractivity contribution is 6.53. The molecule has 0 bridgehead atoms. The van der Waals surface area contributed by atoms with Crippen LogP contribution in [0.4, 0.5) is 0 Å². The van der Waals surface area contributed by atoms with Crippen LogP contribution in [0.1, 0.15) is 29.2 Å². The minimum absolute atomic E-state index is 0.0308. The maximum absolute atomic E-state index is 13.3. The molecular weight excluding hydrogens is 622 g/mol. The van der Waals surface area contributed by atoms with Crippen molar-refractivity contribution in [2.24, 2.45) is 0 Å². The summed E-state index contributed by atoms with van der Waals surface area (Å²) in [6, 6.07) is 38.9. The number of hydrogen-bond acceptors (Lipinski definition) is 3. The summed E-state index contributed by atoms with van der Waals surface area (Å²) in [5, 5.41) is 13.4. The van der Waals surface area contributed by atoms with E-state index in [-0.39, 0.29) is 31.6 Å². The molecule has 3 atom stereocenters. The number of fused-ring (bicyclic) bond motifs is 2. The van der Waals surface area contributed by atoms with E-state index in [1.807, 2.05) is 121 Å². The number of halogens is 4. The Morgan fingerprint density at radius 1 is 0.488 bits per heavy atom. The van der Waals surface area contributed by atoms with Crippen molar-refractivity contribution in [3.8, 4) is 11.5 Å². The van der Waals surface area contributed by atoms with Gasteiger partial charge in [0.2, 0.25) is 11.2 Å². The molecular formula is C36H24Cl4O3. The fourth-order valence-electron chi connectivity index (χ4n) is 6.77. The smallest absolute Gasteiger partial charge is 0.214 e. The Morgan fingerprint density at radius 2 is 0.884 bits per heavy atom. The third kappa shape index (κ3) is 3.79. The molecule has 7 heteroatoms. The molecule has 1 heterocycles. The molecule has 0 radical (unpaired) electrons.